The first-order chi connectivity index (χ1) is 6.95. The fourth-order valence-corrected chi connectivity index (χ4v) is 1.59. The number of hydrogen-bond acceptors (Lipinski definition) is 2. The Kier molecular flexibility index (Phi) is 4.21. The molecule has 1 aromatic rings. The van der Waals surface area contributed by atoms with Gasteiger partial charge in [0, 0.05) is 7.11 Å². The second kappa shape index (κ2) is 5.02. The molecule has 0 aromatic heterocycles. The van der Waals surface area contributed by atoms with E-state index in [1.807, 2.05) is 0 Å². The molecule has 0 saturated heterocycles. The number of methoxy groups -OCH3 is 1. The number of hydrogen-bond donors (Lipinski definition) is 0. The van der Waals surface area contributed by atoms with Gasteiger partial charge in [0.05, 0.1) is 9.13 Å². The molecule has 0 fully saturated rings. The van der Waals surface area contributed by atoms with Crippen molar-refractivity contribution in [2.24, 2.45) is 0 Å². The molecule has 0 bridgehead atoms. The highest BCUT2D eigenvalue weighted by Gasteiger charge is 2.30. The van der Waals surface area contributed by atoms with Crippen LogP contribution in [0.4, 0.5) is 13.2 Å². The summed E-state index contributed by atoms with van der Waals surface area (Å²) in [5.41, 5.74) is -0.684. The summed E-state index contributed by atoms with van der Waals surface area (Å²) in [4.78, 5) is 0. The zero-order valence-electron chi connectivity index (χ0n) is 7.77. The first-order valence-electron chi connectivity index (χ1n) is 3.93. The third-order valence-electron chi connectivity index (χ3n) is 1.59. The van der Waals surface area contributed by atoms with Crippen LogP contribution in [-0.4, -0.2) is 13.9 Å². The molecular formula is C9H8F3IO2. The van der Waals surface area contributed by atoms with E-state index in [0.717, 1.165) is 12.1 Å². The summed E-state index contributed by atoms with van der Waals surface area (Å²) in [5, 5.41) is 0. The zero-order chi connectivity index (χ0) is 11.5. The number of ether oxygens (including phenoxy) is 2. The molecule has 0 amide bonds. The molecule has 1 aromatic carbocycles. The van der Waals surface area contributed by atoms with Crippen LogP contribution in [0.3, 0.4) is 0 Å². The van der Waals surface area contributed by atoms with Crippen molar-refractivity contribution < 1.29 is 22.6 Å². The fraction of sp³-hybridized carbons (Fsp3) is 0.333. The molecule has 6 heteroatoms. The lowest BCUT2D eigenvalue weighted by Gasteiger charge is -2.10. The van der Waals surface area contributed by atoms with Gasteiger partial charge in [-0.1, -0.05) is 0 Å². The molecule has 0 saturated carbocycles. The maximum absolute atomic E-state index is 12.3. The van der Waals surface area contributed by atoms with Gasteiger partial charge in [-0.05, 0) is 40.8 Å². The van der Waals surface area contributed by atoms with Crippen molar-refractivity contribution in [2.45, 2.75) is 6.18 Å². The van der Waals surface area contributed by atoms with Crippen molar-refractivity contribution in [3.05, 3.63) is 27.3 Å². The van der Waals surface area contributed by atoms with E-state index in [-0.39, 0.29) is 6.79 Å². The average Bonchev–Trinajstić information content (AvgIpc) is 2.14. The molecule has 0 spiro atoms. The predicted molar refractivity (Wildman–Crippen MR) is 56.7 cm³/mol. The molecule has 15 heavy (non-hydrogen) atoms. The van der Waals surface area contributed by atoms with Crippen LogP contribution >= 0.6 is 22.6 Å². The summed E-state index contributed by atoms with van der Waals surface area (Å²) < 4.78 is 47.0. The van der Waals surface area contributed by atoms with Gasteiger partial charge < -0.3 is 9.47 Å². The molecule has 0 aliphatic carbocycles. The van der Waals surface area contributed by atoms with E-state index in [1.54, 1.807) is 22.6 Å². The zero-order valence-corrected chi connectivity index (χ0v) is 9.93. The molecule has 1 rings (SSSR count). The summed E-state index contributed by atoms with van der Waals surface area (Å²) in [7, 11) is 1.44. The molecular weight excluding hydrogens is 324 g/mol. The highest BCUT2D eigenvalue weighted by Crippen LogP contribution is 2.33. The van der Waals surface area contributed by atoms with Gasteiger partial charge in [-0.15, -0.1) is 0 Å². The maximum Gasteiger partial charge on any atom is 0.416 e. The van der Waals surface area contributed by atoms with Crippen molar-refractivity contribution >= 4 is 22.6 Å². The van der Waals surface area contributed by atoms with Gasteiger partial charge in [0.15, 0.2) is 6.79 Å². The topological polar surface area (TPSA) is 18.5 Å². The average molecular weight is 332 g/mol. The molecule has 84 valence electrons. The van der Waals surface area contributed by atoms with Crippen LogP contribution in [0.1, 0.15) is 5.56 Å². The van der Waals surface area contributed by atoms with Crippen LogP contribution in [0.15, 0.2) is 18.2 Å². The van der Waals surface area contributed by atoms with E-state index in [1.165, 1.54) is 13.2 Å². The first-order valence-corrected chi connectivity index (χ1v) is 5.01. The molecule has 0 aliphatic heterocycles. The Labute approximate surface area is 98.5 Å². The maximum atomic E-state index is 12.3. The van der Waals surface area contributed by atoms with Crippen LogP contribution in [0.2, 0.25) is 0 Å². The van der Waals surface area contributed by atoms with E-state index in [0.29, 0.717) is 9.32 Å². The minimum atomic E-state index is -4.32. The van der Waals surface area contributed by atoms with Gasteiger partial charge >= 0.3 is 6.18 Å². The van der Waals surface area contributed by atoms with Crippen molar-refractivity contribution in [1.82, 2.24) is 0 Å². The summed E-state index contributed by atoms with van der Waals surface area (Å²) >= 11 is 1.79. The van der Waals surface area contributed by atoms with Crippen LogP contribution < -0.4 is 4.74 Å². The minimum absolute atomic E-state index is 0.0152. The Bertz CT molecular complexity index is 339. The summed E-state index contributed by atoms with van der Waals surface area (Å²) in [6.07, 6.45) is -4.32. The second-order valence-corrected chi connectivity index (χ2v) is 3.86. The van der Waals surface area contributed by atoms with Gasteiger partial charge in [0.25, 0.3) is 0 Å². The lowest BCUT2D eigenvalue weighted by Crippen LogP contribution is -2.06. The SMILES string of the molecule is COCOc1ccc(C(F)(F)F)cc1I. The standard InChI is InChI=1S/C9H8F3IO2/c1-14-5-15-8-3-2-6(4-7(8)13)9(10,11)12/h2-4H,5H2,1H3. The number of alkyl halides is 3. The fourth-order valence-electron chi connectivity index (χ4n) is 0.917. The van der Waals surface area contributed by atoms with Gasteiger partial charge in [-0.3, -0.25) is 0 Å². The Morgan fingerprint density at radius 3 is 2.47 bits per heavy atom. The van der Waals surface area contributed by atoms with E-state index >= 15 is 0 Å². The van der Waals surface area contributed by atoms with Crippen molar-refractivity contribution in [2.75, 3.05) is 13.9 Å². The predicted octanol–water partition coefficient (Wildman–Crippen LogP) is 3.29. The van der Waals surface area contributed by atoms with Gasteiger partial charge in [-0.25, -0.2) is 0 Å². The van der Waals surface area contributed by atoms with Gasteiger partial charge in [0.2, 0.25) is 0 Å². The summed E-state index contributed by atoms with van der Waals surface area (Å²) in [6, 6.07) is 3.29. The number of benzene rings is 1. The molecule has 0 aliphatic rings. The molecule has 0 radical (unpaired) electrons. The Morgan fingerprint density at radius 1 is 1.33 bits per heavy atom. The van der Waals surface area contributed by atoms with Crippen molar-refractivity contribution in [1.29, 1.82) is 0 Å². The van der Waals surface area contributed by atoms with Crippen LogP contribution in [0.5, 0.6) is 5.75 Å². The van der Waals surface area contributed by atoms with E-state index in [4.69, 9.17) is 4.74 Å². The molecule has 0 heterocycles. The van der Waals surface area contributed by atoms with Crippen molar-refractivity contribution in [3.63, 3.8) is 0 Å². The monoisotopic (exact) mass is 332 g/mol. The Morgan fingerprint density at radius 2 is 2.00 bits per heavy atom. The molecule has 0 unspecified atom stereocenters. The quantitative estimate of drug-likeness (QED) is 0.625. The lowest BCUT2D eigenvalue weighted by atomic mass is 10.2. The lowest BCUT2D eigenvalue weighted by molar-refractivity contribution is -0.137. The van der Waals surface area contributed by atoms with Crippen LogP contribution in [0, 0.1) is 3.57 Å². The summed E-state index contributed by atoms with van der Waals surface area (Å²) in [5.74, 6) is 0.380. The molecule has 0 N–H and O–H groups in total. The van der Waals surface area contributed by atoms with Crippen LogP contribution in [0.25, 0.3) is 0 Å². The van der Waals surface area contributed by atoms with E-state index in [2.05, 4.69) is 4.74 Å². The first kappa shape index (κ1) is 12.6. The summed E-state index contributed by atoms with van der Waals surface area (Å²) in [6.45, 7) is 0.0152. The highest BCUT2D eigenvalue weighted by molar-refractivity contribution is 14.1. The second-order valence-electron chi connectivity index (χ2n) is 2.69. The molecule has 2 nitrogen and oxygen atoms in total. The number of rotatable bonds is 3. The van der Waals surface area contributed by atoms with E-state index < -0.39 is 11.7 Å². The van der Waals surface area contributed by atoms with Crippen molar-refractivity contribution in [3.8, 4) is 5.75 Å². The largest absolute Gasteiger partial charge is 0.466 e. The van der Waals surface area contributed by atoms with Gasteiger partial charge in [-0.2, -0.15) is 13.2 Å². The highest BCUT2D eigenvalue weighted by atomic mass is 127. The third kappa shape index (κ3) is 3.53. The van der Waals surface area contributed by atoms with E-state index in [9.17, 15) is 13.2 Å². The Hall–Kier alpha value is -0.500. The smallest absolute Gasteiger partial charge is 0.416 e. The van der Waals surface area contributed by atoms with Crippen LogP contribution in [-0.2, 0) is 10.9 Å². The number of halogens is 4. The normalized spacial score (nSPS) is 11.5. The minimum Gasteiger partial charge on any atom is -0.466 e. The van der Waals surface area contributed by atoms with Gasteiger partial charge in [0.1, 0.15) is 5.75 Å². The molecule has 0 atom stereocenters. The third-order valence-corrected chi connectivity index (χ3v) is 2.43. The Balaban J connectivity index is 2.88.